The fraction of sp³-hybridized carbons (Fsp3) is 0.467. The Balaban J connectivity index is 1.12. The predicted molar refractivity (Wildman–Crippen MR) is 153 cm³/mol. The molecule has 2 N–H and O–H groups in total. The van der Waals surface area contributed by atoms with Crippen LogP contribution >= 0.6 is 0 Å². The van der Waals surface area contributed by atoms with E-state index in [2.05, 4.69) is 34.4 Å². The SMILES string of the molecule is Cc1ccc(-n2nc(C3(C)CC3)cc2NC(=O)Nc2cnc(N3CCN(C(=O)C4(C)CC4)CC3)c(C)c2)cc1. The van der Waals surface area contributed by atoms with Crippen LogP contribution in [0.25, 0.3) is 5.69 Å². The van der Waals surface area contributed by atoms with Crippen molar-refractivity contribution in [1.82, 2.24) is 19.7 Å². The van der Waals surface area contributed by atoms with E-state index >= 15 is 0 Å². The molecule has 39 heavy (non-hydrogen) atoms. The number of aromatic nitrogens is 3. The average Bonchev–Trinajstić information content (AvgIpc) is 3.82. The summed E-state index contributed by atoms with van der Waals surface area (Å²) in [7, 11) is 0. The number of amides is 3. The standard InChI is InChI=1S/C30H37N7O2/c1-20-5-7-23(8-6-20)37-25(18-24(34-37)29(3)9-10-29)33-28(39)32-22-17-21(2)26(31-19-22)35-13-15-36(16-14-35)27(38)30(4)11-12-30/h5-8,17-19H,9-16H2,1-4H3,(H2,32,33,39). The normalized spacial score (nSPS) is 19.0. The van der Waals surface area contributed by atoms with E-state index in [0.717, 1.165) is 61.5 Å². The van der Waals surface area contributed by atoms with Crippen molar-refractivity contribution < 1.29 is 9.59 Å². The van der Waals surface area contributed by atoms with Gasteiger partial charge in [-0.05, 0) is 63.3 Å². The number of nitrogens with one attached hydrogen (secondary N) is 2. The van der Waals surface area contributed by atoms with E-state index in [1.165, 1.54) is 5.56 Å². The molecule has 6 rings (SSSR count). The second-order valence-corrected chi connectivity index (χ2v) is 12.0. The van der Waals surface area contributed by atoms with E-state index in [4.69, 9.17) is 5.10 Å². The summed E-state index contributed by atoms with van der Waals surface area (Å²) in [6, 6.07) is 11.7. The van der Waals surface area contributed by atoms with Gasteiger partial charge in [-0.1, -0.05) is 31.5 Å². The van der Waals surface area contributed by atoms with Crippen molar-refractivity contribution >= 4 is 29.3 Å². The van der Waals surface area contributed by atoms with Crippen molar-refractivity contribution in [3.05, 3.63) is 59.4 Å². The number of aryl methyl sites for hydroxylation is 2. The summed E-state index contributed by atoms with van der Waals surface area (Å²) in [6.45, 7) is 11.3. The fourth-order valence-corrected chi connectivity index (χ4v) is 5.24. The molecule has 2 aliphatic carbocycles. The minimum atomic E-state index is -0.342. The third-order valence-electron chi connectivity index (χ3n) is 8.54. The highest BCUT2D eigenvalue weighted by Gasteiger charge is 2.47. The minimum Gasteiger partial charge on any atom is -0.353 e. The number of carbonyl (C=O) groups is 2. The Kier molecular flexibility index (Phi) is 6.12. The van der Waals surface area contributed by atoms with E-state index in [1.807, 2.05) is 55.1 Å². The summed E-state index contributed by atoms with van der Waals surface area (Å²) in [5.74, 6) is 1.82. The van der Waals surface area contributed by atoms with E-state index in [0.29, 0.717) is 30.5 Å². The average molecular weight is 528 g/mol. The number of hydrogen-bond donors (Lipinski definition) is 2. The van der Waals surface area contributed by atoms with Crippen LogP contribution in [0.15, 0.2) is 42.6 Å². The van der Waals surface area contributed by atoms with Crippen LogP contribution < -0.4 is 15.5 Å². The van der Waals surface area contributed by atoms with Gasteiger partial charge in [0.05, 0.1) is 23.3 Å². The van der Waals surface area contributed by atoms with E-state index in [-0.39, 0.29) is 16.9 Å². The summed E-state index contributed by atoms with van der Waals surface area (Å²) in [5.41, 5.74) is 4.63. The molecule has 3 amide bonds. The topological polar surface area (TPSA) is 95.4 Å². The quantitative estimate of drug-likeness (QED) is 0.469. The number of hydrogen-bond acceptors (Lipinski definition) is 5. The molecule has 3 heterocycles. The number of anilines is 3. The predicted octanol–water partition coefficient (Wildman–Crippen LogP) is 5.03. The highest BCUT2D eigenvalue weighted by molar-refractivity contribution is 5.99. The van der Waals surface area contributed by atoms with Crippen LogP contribution in [-0.4, -0.2) is 57.8 Å². The lowest BCUT2D eigenvalue weighted by atomic mass is 10.1. The first-order chi connectivity index (χ1) is 18.6. The zero-order valence-corrected chi connectivity index (χ0v) is 23.3. The molecule has 0 bridgehead atoms. The lowest BCUT2D eigenvalue weighted by molar-refractivity contribution is -0.136. The zero-order valence-electron chi connectivity index (χ0n) is 23.3. The molecule has 9 nitrogen and oxygen atoms in total. The molecule has 3 aliphatic rings. The van der Waals surface area contributed by atoms with Crippen molar-refractivity contribution in [3.63, 3.8) is 0 Å². The Morgan fingerprint density at radius 2 is 1.59 bits per heavy atom. The van der Waals surface area contributed by atoms with Crippen LogP contribution in [0.5, 0.6) is 0 Å². The summed E-state index contributed by atoms with van der Waals surface area (Å²) >= 11 is 0. The molecule has 2 aromatic heterocycles. The maximum absolute atomic E-state index is 13.0. The van der Waals surface area contributed by atoms with Crippen LogP contribution in [0.1, 0.15) is 56.4 Å². The Morgan fingerprint density at radius 3 is 2.21 bits per heavy atom. The Morgan fingerprint density at radius 1 is 0.897 bits per heavy atom. The van der Waals surface area contributed by atoms with Crippen LogP contribution in [0.2, 0.25) is 0 Å². The molecule has 0 unspecified atom stereocenters. The number of piperazine rings is 1. The van der Waals surface area contributed by atoms with E-state index < -0.39 is 0 Å². The fourth-order valence-electron chi connectivity index (χ4n) is 5.24. The molecule has 1 aliphatic heterocycles. The van der Waals surface area contributed by atoms with Crippen molar-refractivity contribution in [2.45, 2.75) is 58.8 Å². The maximum Gasteiger partial charge on any atom is 0.324 e. The number of pyridine rings is 1. The third kappa shape index (κ3) is 5.10. The van der Waals surface area contributed by atoms with Gasteiger partial charge in [0.1, 0.15) is 11.6 Å². The number of carbonyl (C=O) groups excluding carboxylic acids is 2. The molecule has 1 saturated heterocycles. The Labute approximate surface area is 229 Å². The van der Waals surface area contributed by atoms with Crippen LogP contribution in [0.3, 0.4) is 0 Å². The molecule has 3 aromatic rings. The minimum absolute atomic E-state index is 0.0777. The van der Waals surface area contributed by atoms with Gasteiger partial charge in [0.15, 0.2) is 0 Å². The number of rotatable bonds is 6. The molecule has 1 aromatic carbocycles. The van der Waals surface area contributed by atoms with Gasteiger partial charge in [0, 0.05) is 43.1 Å². The summed E-state index contributed by atoms with van der Waals surface area (Å²) in [4.78, 5) is 34.6. The summed E-state index contributed by atoms with van der Waals surface area (Å²) in [6.07, 6.45) is 5.91. The number of nitrogens with zero attached hydrogens (tertiary/aromatic N) is 5. The Bertz CT molecular complexity index is 1410. The lowest BCUT2D eigenvalue weighted by Gasteiger charge is -2.37. The molecule has 0 radical (unpaired) electrons. The molecular formula is C30H37N7O2. The first-order valence-corrected chi connectivity index (χ1v) is 13.9. The van der Waals surface area contributed by atoms with Gasteiger partial charge < -0.3 is 15.1 Å². The van der Waals surface area contributed by atoms with Gasteiger partial charge in [0.2, 0.25) is 5.91 Å². The molecule has 3 fully saturated rings. The van der Waals surface area contributed by atoms with Gasteiger partial charge in [0.25, 0.3) is 0 Å². The number of benzene rings is 1. The van der Waals surface area contributed by atoms with Crippen molar-refractivity contribution in [3.8, 4) is 5.69 Å². The monoisotopic (exact) mass is 527 g/mol. The van der Waals surface area contributed by atoms with Gasteiger partial charge in [-0.2, -0.15) is 5.10 Å². The molecule has 0 spiro atoms. The zero-order chi connectivity index (χ0) is 27.4. The van der Waals surface area contributed by atoms with Gasteiger partial charge in [-0.25, -0.2) is 14.5 Å². The molecule has 9 heteroatoms. The summed E-state index contributed by atoms with van der Waals surface area (Å²) in [5, 5.41) is 10.8. The summed E-state index contributed by atoms with van der Waals surface area (Å²) < 4.78 is 1.80. The molecular weight excluding hydrogens is 490 g/mol. The first-order valence-electron chi connectivity index (χ1n) is 13.9. The molecule has 2 saturated carbocycles. The van der Waals surface area contributed by atoms with Crippen LogP contribution in [0.4, 0.5) is 22.1 Å². The lowest BCUT2D eigenvalue weighted by Crippen LogP contribution is -2.50. The Hall–Kier alpha value is -3.88. The highest BCUT2D eigenvalue weighted by Crippen LogP contribution is 2.48. The van der Waals surface area contributed by atoms with Crippen LogP contribution in [-0.2, 0) is 10.2 Å². The van der Waals surface area contributed by atoms with Crippen molar-refractivity contribution in [2.75, 3.05) is 41.7 Å². The van der Waals surface area contributed by atoms with Gasteiger partial charge in [-0.15, -0.1) is 0 Å². The second-order valence-electron chi connectivity index (χ2n) is 12.0. The number of urea groups is 1. The smallest absolute Gasteiger partial charge is 0.324 e. The van der Waals surface area contributed by atoms with Crippen molar-refractivity contribution in [2.24, 2.45) is 5.41 Å². The highest BCUT2D eigenvalue weighted by atomic mass is 16.2. The third-order valence-corrected chi connectivity index (χ3v) is 8.54. The van der Waals surface area contributed by atoms with E-state index in [9.17, 15) is 9.59 Å². The second kappa shape index (κ2) is 9.39. The van der Waals surface area contributed by atoms with E-state index in [1.54, 1.807) is 10.9 Å². The maximum atomic E-state index is 13.0. The largest absolute Gasteiger partial charge is 0.353 e. The van der Waals surface area contributed by atoms with Crippen LogP contribution in [0, 0.1) is 19.3 Å². The first kappa shape index (κ1) is 25.4. The van der Waals surface area contributed by atoms with Crippen molar-refractivity contribution in [1.29, 1.82) is 0 Å². The van der Waals surface area contributed by atoms with Gasteiger partial charge >= 0.3 is 6.03 Å². The molecule has 0 atom stereocenters. The molecule has 204 valence electrons. The van der Waals surface area contributed by atoms with Gasteiger partial charge in [-0.3, -0.25) is 10.1 Å².